The Morgan fingerprint density at radius 3 is 0.896 bits per heavy atom. The van der Waals surface area contributed by atoms with Crippen molar-refractivity contribution < 1.29 is 80.2 Å². The molecule has 0 aliphatic heterocycles. The molecule has 0 bridgehead atoms. The number of hydrogen-bond donors (Lipinski definition) is 3. The van der Waals surface area contributed by atoms with Gasteiger partial charge in [-0.2, -0.15) is 0 Å². The van der Waals surface area contributed by atoms with Gasteiger partial charge in [0, 0.05) is 25.7 Å². The molecule has 0 aliphatic rings. The molecule has 0 aromatic heterocycles. The zero-order chi connectivity index (χ0) is 49.9. The van der Waals surface area contributed by atoms with Gasteiger partial charge in [0.15, 0.2) is 12.2 Å². The van der Waals surface area contributed by atoms with E-state index in [1.165, 1.54) is 57.8 Å². The topological polar surface area (TPSA) is 237 Å². The maximum atomic E-state index is 12.7. The summed E-state index contributed by atoms with van der Waals surface area (Å²) in [5, 5.41) is 10.4. The molecular weight excluding hydrogens is 910 g/mol. The molecule has 17 nitrogen and oxygen atoms in total. The first-order valence-corrected chi connectivity index (χ1v) is 28.8. The van der Waals surface area contributed by atoms with Crippen molar-refractivity contribution in [2.24, 2.45) is 0 Å². The van der Waals surface area contributed by atoms with Gasteiger partial charge in [0.25, 0.3) is 0 Å². The van der Waals surface area contributed by atoms with Crippen LogP contribution in [0.2, 0.25) is 0 Å². The summed E-state index contributed by atoms with van der Waals surface area (Å²) in [6.45, 7) is 4.50. The molecule has 67 heavy (non-hydrogen) atoms. The van der Waals surface area contributed by atoms with Gasteiger partial charge in [0.05, 0.1) is 26.4 Å². The molecular formula is C48H92O17P2. The minimum atomic E-state index is -4.91. The third-order valence-electron chi connectivity index (χ3n) is 10.9. The summed E-state index contributed by atoms with van der Waals surface area (Å²) < 4.78 is 66.7. The maximum absolute atomic E-state index is 12.7. The minimum Gasteiger partial charge on any atom is -0.462 e. The fourth-order valence-electron chi connectivity index (χ4n) is 6.80. The Labute approximate surface area is 403 Å². The Hall–Kier alpha value is -1.94. The quantitative estimate of drug-likeness (QED) is 0.0222. The fourth-order valence-corrected chi connectivity index (χ4v) is 8.38. The van der Waals surface area contributed by atoms with Crippen LogP contribution < -0.4 is 0 Å². The average Bonchev–Trinajstić information content (AvgIpc) is 3.29. The van der Waals surface area contributed by atoms with E-state index in [0.29, 0.717) is 25.7 Å². The van der Waals surface area contributed by atoms with Crippen LogP contribution in [-0.2, 0) is 65.4 Å². The Morgan fingerprint density at radius 1 is 0.358 bits per heavy atom. The van der Waals surface area contributed by atoms with Crippen LogP contribution in [0.15, 0.2) is 0 Å². The van der Waals surface area contributed by atoms with E-state index in [0.717, 1.165) is 89.9 Å². The molecule has 0 spiro atoms. The molecule has 0 fully saturated rings. The molecule has 0 saturated heterocycles. The fraction of sp³-hybridized carbons (Fsp3) is 0.917. The van der Waals surface area contributed by atoms with Crippen molar-refractivity contribution in [1.29, 1.82) is 0 Å². The molecule has 0 aliphatic carbocycles. The van der Waals surface area contributed by atoms with Crippen LogP contribution in [0.3, 0.4) is 0 Å². The molecule has 2 unspecified atom stereocenters. The molecule has 0 heterocycles. The van der Waals surface area contributed by atoms with Crippen molar-refractivity contribution in [3.05, 3.63) is 0 Å². The second-order valence-corrected chi connectivity index (χ2v) is 20.4. The van der Waals surface area contributed by atoms with E-state index in [4.69, 9.17) is 37.0 Å². The van der Waals surface area contributed by atoms with Crippen LogP contribution in [0.25, 0.3) is 0 Å². The van der Waals surface area contributed by atoms with Gasteiger partial charge >= 0.3 is 39.5 Å². The van der Waals surface area contributed by atoms with Crippen molar-refractivity contribution in [1.82, 2.24) is 0 Å². The second kappa shape index (κ2) is 44.0. The van der Waals surface area contributed by atoms with Gasteiger partial charge < -0.3 is 33.8 Å². The summed E-state index contributed by atoms with van der Waals surface area (Å²) in [5.74, 6) is -2.19. The number of unbranched alkanes of at least 4 members (excludes halogenated alkanes) is 23. The Kier molecular flexibility index (Phi) is 42.8. The highest BCUT2D eigenvalue weighted by molar-refractivity contribution is 7.47. The molecule has 5 atom stereocenters. The first kappa shape index (κ1) is 65.1. The van der Waals surface area contributed by atoms with Gasteiger partial charge in [-0.3, -0.25) is 37.3 Å². The van der Waals surface area contributed by atoms with Crippen LogP contribution in [0, 0.1) is 0 Å². The molecule has 3 N–H and O–H groups in total. The third-order valence-corrected chi connectivity index (χ3v) is 12.8. The SMILES string of the molecule is CCCCCCCCCCCCC(=O)OC[C@H](COP(=O)(O)OC[C@H](O)COP(=O)(O)OC[C@@H](COC(=O)CCCCCCCCCC)OC(=O)CCCCCC)OC(=O)CCCCCCC. The number of carbonyl (C=O) groups excluding carboxylic acids is 4. The number of phosphoric acid groups is 2. The molecule has 0 aromatic rings. The number of ether oxygens (including phenoxy) is 4. The molecule has 0 aromatic carbocycles. The van der Waals surface area contributed by atoms with E-state index < -0.39 is 97.5 Å². The standard InChI is InChI=1S/C48H92O17P2/c1-5-9-13-17-19-21-22-24-27-30-33-46(51)59-39-44(65-48(53)35-31-25-15-11-7-3)41-63-67(56,57)61-37-42(49)36-60-66(54,55)62-40-43(64-47(52)34-28-16-12-8-4)38-58-45(50)32-29-26-23-20-18-14-10-6-2/h42-44,49H,5-41H2,1-4H3,(H,54,55)(H,56,57)/t42-,43-,44-/m1/s1. The second-order valence-electron chi connectivity index (χ2n) is 17.5. The lowest BCUT2D eigenvalue weighted by Gasteiger charge is -2.21. The molecule has 0 rings (SSSR count). The smallest absolute Gasteiger partial charge is 0.462 e. The third kappa shape index (κ3) is 43.8. The summed E-state index contributed by atoms with van der Waals surface area (Å²) in [7, 11) is -9.82. The Bertz CT molecular complexity index is 1340. The highest BCUT2D eigenvalue weighted by Gasteiger charge is 2.30. The predicted molar refractivity (Wildman–Crippen MR) is 257 cm³/mol. The van der Waals surface area contributed by atoms with E-state index in [1.807, 2.05) is 6.92 Å². The van der Waals surface area contributed by atoms with Crippen LogP contribution in [-0.4, -0.2) is 96.7 Å². The number of aliphatic hydroxyl groups is 1. The Balaban J connectivity index is 5.06. The van der Waals surface area contributed by atoms with Gasteiger partial charge in [-0.15, -0.1) is 0 Å². The first-order valence-electron chi connectivity index (χ1n) is 25.8. The van der Waals surface area contributed by atoms with Gasteiger partial charge in [-0.1, -0.05) is 175 Å². The number of carbonyl (C=O) groups is 4. The highest BCUT2D eigenvalue weighted by atomic mass is 31.2. The summed E-state index contributed by atoms with van der Waals surface area (Å²) in [5.41, 5.74) is 0. The van der Waals surface area contributed by atoms with E-state index in [-0.39, 0.29) is 25.7 Å². The van der Waals surface area contributed by atoms with Crippen molar-refractivity contribution >= 4 is 39.5 Å². The predicted octanol–water partition coefficient (Wildman–Crippen LogP) is 11.7. The van der Waals surface area contributed by atoms with E-state index >= 15 is 0 Å². The van der Waals surface area contributed by atoms with E-state index in [2.05, 4.69) is 20.8 Å². The van der Waals surface area contributed by atoms with Crippen molar-refractivity contribution in [2.45, 2.75) is 245 Å². The van der Waals surface area contributed by atoms with Crippen LogP contribution in [0.1, 0.15) is 227 Å². The van der Waals surface area contributed by atoms with Crippen LogP contribution in [0.4, 0.5) is 0 Å². The lowest BCUT2D eigenvalue weighted by Crippen LogP contribution is -2.30. The number of aliphatic hydroxyl groups excluding tert-OH is 1. The number of rotatable bonds is 49. The summed E-state index contributed by atoms with van der Waals surface area (Å²) in [6.07, 6.45) is 23.6. The first-order chi connectivity index (χ1) is 32.2. The maximum Gasteiger partial charge on any atom is 0.472 e. The van der Waals surface area contributed by atoms with Crippen molar-refractivity contribution in [3.8, 4) is 0 Å². The summed E-state index contributed by atoms with van der Waals surface area (Å²) in [6, 6.07) is 0. The Morgan fingerprint density at radius 2 is 0.597 bits per heavy atom. The largest absolute Gasteiger partial charge is 0.472 e. The lowest BCUT2D eigenvalue weighted by atomic mass is 10.1. The number of esters is 4. The van der Waals surface area contributed by atoms with Crippen LogP contribution in [0.5, 0.6) is 0 Å². The zero-order valence-electron chi connectivity index (χ0n) is 41.8. The van der Waals surface area contributed by atoms with Crippen molar-refractivity contribution in [3.63, 3.8) is 0 Å². The number of phosphoric ester groups is 2. The van der Waals surface area contributed by atoms with Crippen molar-refractivity contribution in [2.75, 3.05) is 39.6 Å². The molecule has 0 saturated carbocycles. The normalized spacial score (nSPS) is 14.7. The minimum absolute atomic E-state index is 0.0958. The zero-order valence-corrected chi connectivity index (χ0v) is 43.6. The van der Waals surface area contributed by atoms with E-state index in [9.17, 15) is 43.2 Å². The monoisotopic (exact) mass is 1000 g/mol. The molecule has 0 radical (unpaired) electrons. The summed E-state index contributed by atoms with van der Waals surface area (Å²) in [4.78, 5) is 70.7. The number of hydrogen-bond acceptors (Lipinski definition) is 15. The van der Waals surface area contributed by atoms with Crippen LogP contribution >= 0.6 is 15.6 Å². The van der Waals surface area contributed by atoms with Gasteiger partial charge in [0.2, 0.25) is 0 Å². The molecule has 396 valence electrons. The lowest BCUT2D eigenvalue weighted by molar-refractivity contribution is -0.161. The average molecular weight is 1000 g/mol. The highest BCUT2D eigenvalue weighted by Crippen LogP contribution is 2.45. The van der Waals surface area contributed by atoms with Gasteiger partial charge in [-0.25, -0.2) is 9.13 Å². The van der Waals surface area contributed by atoms with Gasteiger partial charge in [-0.05, 0) is 25.7 Å². The molecule has 19 heteroatoms. The summed E-state index contributed by atoms with van der Waals surface area (Å²) >= 11 is 0. The van der Waals surface area contributed by atoms with Gasteiger partial charge in [0.1, 0.15) is 19.3 Å². The van der Waals surface area contributed by atoms with E-state index in [1.54, 1.807) is 0 Å². The molecule has 0 amide bonds.